The van der Waals surface area contributed by atoms with Crippen LogP contribution in [0.25, 0.3) is 0 Å². The molecule has 160 valence electrons. The number of hydrogen-bond donors (Lipinski definition) is 1. The number of amides is 1. The molecule has 5 rings (SSSR count). The van der Waals surface area contributed by atoms with E-state index in [-0.39, 0.29) is 17.4 Å². The van der Waals surface area contributed by atoms with Crippen molar-refractivity contribution in [1.29, 1.82) is 0 Å². The predicted octanol–water partition coefficient (Wildman–Crippen LogP) is 1.80. The summed E-state index contributed by atoms with van der Waals surface area (Å²) in [5.41, 5.74) is 1.01. The number of nitrogens with one attached hydrogen (secondary N) is 1. The molecule has 30 heavy (non-hydrogen) atoms. The molecule has 3 aliphatic heterocycles. The van der Waals surface area contributed by atoms with Crippen LogP contribution in [0.5, 0.6) is 5.75 Å². The number of methoxy groups -OCH3 is 1. The number of aromatic nitrogens is 3. The Kier molecular flexibility index (Phi) is 4.89. The number of likely N-dealkylation sites (tertiary alicyclic amines) is 1. The van der Waals surface area contributed by atoms with Gasteiger partial charge in [0.1, 0.15) is 5.75 Å². The Hall–Kier alpha value is -2.61. The number of aromatic amines is 1. The zero-order chi connectivity index (χ0) is 20.8. The average molecular weight is 412 g/mol. The molecule has 3 saturated heterocycles. The molecule has 0 spiro atoms. The summed E-state index contributed by atoms with van der Waals surface area (Å²) in [5, 5.41) is 4.06. The predicted molar refractivity (Wildman–Crippen MR) is 111 cm³/mol. The van der Waals surface area contributed by atoms with Crippen LogP contribution in [0.15, 0.2) is 29.1 Å². The summed E-state index contributed by atoms with van der Waals surface area (Å²) in [6.07, 6.45) is 4.76. The Morgan fingerprint density at radius 1 is 1.17 bits per heavy atom. The van der Waals surface area contributed by atoms with Crippen molar-refractivity contribution in [3.63, 3.8) is 0 Å². The number of fused-ring (bicyclic) bond motifs is 4. The molecule has 8 nitrogen and oxygen atoms in total. The number of piperidine rings is 3. The minimum atomic E-state index is -0.351. The number of benzene rings is 1. The molecule has 0 unspecified atom stereocenters. The van der Waals surface area contributed by atoms with Crippen molar-refractivity contribution in [3.05, 3.63) is 46.1 Å². The first kappa shape index (κ1) is 19.4. The molecule has 0 radical (unpaired) electrons. The minimum Gasteiger partial charge on any atom is -0.497 e. The van der Waals surface area contributed by atoms with Crippen LogP contribution in [-0.4, -0.2) is 63.3 Å². The topological polar surface area (TPSA) is 83.5 Å². The van der Waals surface area contributed by atoms with Crippen LogP contribution in [0.2, 0.25) is 0 Å². The summed E-state index contributed by atoms with van der Waals surface area (Å²) in [6.45, 7) is 2.48. The maximum absolute atomic E-state index is 13.0. The van der Waals surface area contributed by atoms with Gasteiger partial charge in [-0.3, -0.25) is 14.7 Å². The molecule has 3 fully saturated rings. The lowest BCUT2D eigenvalue weighted by atomic mass is 9.74. The Morgan fingerprint density at radius 3 is 2.67 bits per heavy atom. The van der Waals surface area contributed by atoms with Crippen LogP contribution in [0.3, 0.4) is 0 Å². The van der Waals surface area contributed by atoms with Crippen molar-refractivity contribution in [2.45, 2.75) is 37.8 Å². The summed E-state index contributed by atoms with van der Waals surface area (Å²) in [5.74, 6) is 1.82. The number of carbonyl (C=O) groups is 1. The third-order valence-corrected chi connectivity index (χ3v) is 7.15. The summed E-state index contributed by atoms with van der Waals surface area (Å²) in [7, 11) is 3.25. The van der Waals surface area contributed by atoms with Gasteiger partial charge in [0.05, 0.1) is 7.11 Å². The molecular weight excluding hydrogens is 382 g/mol. The van der Waals surface area contributed by atoms with Crippen molar-refractivity contribution in [2.75, 3.05) is 26.7 Å². The second kappa shape index (κ2) is 7.58. The van der Waals surface area contributed by atoms with Gasteiger partial charge in [-0.25, -0.2) is 9.48 Å². The van der Waals surface area contributed by atoms with Crippen molar-refractivity contribution >= 4 is 5.91 Å². The third kappa shape index (κ3) is 3.33. The highest BCUT2D eigenvalue weighted by molar-refractivity contribution is 5.90. The van der Waals surface area contributed by atoms with Crippen LogP contribution in [0, 0.1) is 11.8 Å². The zero-order valence-electron chi connectivity index (χ0n) is 17.6. The van der Waals surface area contributed by atoms with Gasteiger partial charge in [-0.15, -0.1) is 5.10 Å². The molecular formula is C22H29N5O3. The van der Waals surface area contributed by atoms with E-state index in [1.54, 1.807) is 14.2 Å². The molecule has 1 amide bonds. The molecule has 1 aromatic carbocycles. The van der Waals surface area contributed by atoms with E-state index < -0.39 is 0 Å². The SMILES string of the molecule is COc1ccc([C@H]2CCC[C@H]3[C@@H]4C[C@@H](CN(C(=O)c5nn(C)c(=O)[nH]5)C4)CN23)cc1. The molecule has 1 N–H and O–H groups in total. The van der Waals surface area contributed by atoms with Crippen LogP contribution in [0.4, 0.5) is 0 Å². The Morgan fingerprint density at radius 2 is 1.97 bits per heavy atom. The van der Waals surface area contributed by atoms with E-state index in [4.69, 9.17) is 4.74 Å². The van der Waals surface area contributed by atoms with Gasteiger partial charge in [0, 0.05) is 38.8 Å². The van der Waals surface area contributed by atoms with E-state index in [2.05, 4.69) is 39.2 Å². The maximum atomic E-state index is 13.0. The van der Waals surface area contributed by atoms with E-state index in [0.717, 1.165) is 25.4 Å². The van der Waals surface area contributed by atoms with Crippen LogP contribution in [0.1, 0.15) is 47.9 Å². The Balaban J connectivity index is 1.34. The smallest absolute Gasteiger partial charge is 0.343 e. The quantitative estimate of drug-likeness (QED) is 0.833. The molecule has 4 heterocycles. The van der Waals surface area contributed by atoms with Gasteiger partial charge in [0.15, 0.2) is 0 Å². The molecule has 0 aliphatic carbocycles. The fraction of sp³-hybridized carbons (Fsp3) is 0.591. The summed E-state index contributed by atoms with van der Waals surface area (Å²) in [6, 6.07) is 9.44. The first-order valence-corrected chi connectivity index (χ1v) is 10.9. The van der Waals surface area contributed by atoms with Crippen LogP contribution < -0.4 is 10.4 Å². The summed E-state index contributed by atoms with van der Waals surface area (Å²) < 4.78 is 6.50. The van der Waals surface area contributed by atoms with Crippen molar-refractivity contribution < 1.29 is 9.53 Å². The van der Waals surface area contributed by atoms with E-state index >= 15 is 0 Å². The largest absolute Gasteiger partial charge is 0.497 e. The number of carbonyl (C=O) groups excluding carboxylic acids is 1. The normalized spacial score (nSPS) is 28.8. The molecule has 0 saturated carbocycles. The fourth-order valence-electron chi connectivity index (χ4n) is 5.81. The standard InChI is InChI=1S/C22H29N5O3/c1-25-22(29)23-20(24-25)21(28)26-11-14-10-16(13-26)19-5-3-4-18(27(19)12-14)15-6-8-17(30-2)9-7-15/h6-9,14,16,18-19H,3-5,10-13H2,1-2H3,(H,23,24,29)/t14-,16+,18+,19-/m0/s1. The number of H-pyrrole nitrogens is 1. The molecule has 8 heteroatoms. The second-order valence-electron chi connectivity index (χ2n) is 8.96. The van der Waals surface area contributed by atoms with Gasteiger partial charge in [-0.2, -0.15) is 0 Å². The Labute approximate surface area is 175 Å². The third-order valence-electron chi connectivity index (χ3n) is 7.15. The number of hydrogen-bond acceptors (Lipinski definition) is 5. The zero-order valence-corrected chi connectivity index (χ0v) is 17.6. The number of rotatable bonds is 3. The van der Waals surface area contributed by atoms with Crippen LogP contribution in [-0.2, 0) is 7.05 Å². The lowest BCUT2D eigenvalue weighted by Gasteiger charge is -2.55. The van der Waals surface area contributed by atoms with Gasteiger partial charge >= 0.3 is 5.69 Å². The van der Waals surface area contributed by atoms with Gasteiger partial charge in [-0.05, 0) is 55.2 Å². The molecule has 2 aromatic rings. The van der Waals surface area contributed by atoms with Gasteiger partial charge < -0.3 is 9.64 Å². The minimum absolute atomic E-state index is 0.152. The highest BCUT2D eigenvalue weighted by Crippen LogP contribution is 2.44. The van der Waals surface area contributed by atoms with E-state index in [1.807, 2.05) is 4.90 Å². The van der Waals surface area contributed by atoms with Crippen molar-refractivity contribution in [2.24, 2.45) is 18.9 Å². The second-order valence-corrected chi connectivity index (χ2v) is 8.96. The number of nitrogens with zero attached hydrogens (tertiary/aromatic N) is 4. The highest BCUT2D eigenvalue weighted by atomic mass is 16.5. The molecule has 3 aliphatic rings. The van der Waals surface area contributed by atoms with E-state index in [1.165, 1.54) is 35.9 Å². The summed E-state index contributed by atoms with van der Waals surface area (Å²) >= 11 is 0. The van der Waals surface area contributed by atoms with Gasteiger partial charge in [-0.1, -0.05) is 12.1 Å². The fourth-order valence-corrected chi connectivity index (χ4v) is 5.81. The van der Waals surface area contributed by atoms with Crippen molar-refractivity contribution in [3.8, 4) is 5.75 Å². The first-order chi connectivity index (χ1) is 14.5. The molecule has 2 bridgehead atoms. The first-order valence-electron chi connectivity index (χ1n) is 10.9. The number of aryl methyl sites for hydroxylation is 1. The number of ether oxygens (including phenoxy) is 1. The summed E-state index contributed by atoms with van der Waals surface area (Å²) in [4.78, 5) is 31.8. The monoisotopic (exact) mass is 411 g/mol. The lowest BCUT2D eigenvalue weighted by Crippen LogP contribution is -2.60. The average Bonchev–Trinajstić information content (AvgIpc) is 3.11. The van der Waals surface area contributed by atoms with Crippen molar-refractivity contribution in [1.82, 2.24) is 24.6 Å². The van der Waals surface area contributed by atoms with Gasteiger partial charge in [0.2, 0.25) is 5.82 Å². The maximum Gasteiger partial charge on any atom is 0.343 e. The van der Waals surface area contributed by atoms with Gasteiger partial charge in [0.25, 0.3) is 5.91 Å². The van der Waals surface area contributed by atoms with E-state index in [0.29, 0.717) is 23.9 Å². The highest BCUT2D eigenvalue weighted by Gasteiger charge is 2.46. The van der Waals surface area contributed by atoms with E-state index in [9.17, 15) is 9.59 Å². The molecule has 4 atom stereocenters. The molecule has 1 aromatic heterocycles. The Bertz CT molecular complexity index is 981. The lowest BCUT2D eigenvalue weighted by molar-refractivity contribution is -0.0513. The van der Waals surface area contributed by atoms with Crippen LogP contribution >= 0.6 is 0 Å².